The van der Waals surface area contributed by atoms with Gasteiger partial charge in [-0.3, -0.25) is 0 Å². The van der Waals surface area contributed by atoms with Crippen LogP contribution in [-0.2, 0) is 4.74 Å². The van der Waals surface area contributed by atoms with Crippen LogP contribution in [-0.4, -0.2) is 30.2 Å². The van der Waals surface area contributed by atoms with Crippen LogP contribution in [0.15, 0.2) is 6.07 Å². The van der Waals surface area contributed by atoms with Crippen LogP contribution >= 0.6 is 0 Å². The SMILES string of the molecule is COCCCNc1nc(C)cc(C)n1. The fourth-order valence-corrected chi connectivity index (χ4v) is 1.22. The first-order chi connectivity index (χ1) is 6.72. The van der Waals surface area contributed by atoms with Crippen LogP contribution in [0.1, 0.15) is 17.8 Å². The van der Waals surface area contributed by atoms with Crippen LogP contribution in [0, 0.1) is 13.8 Å². The second-order valence-electron chi connectivity index (χ2n) is 3.25. The van der Waals surface area contributed by atoms with E-state index < -0.39 is 0 Å². The zero-order valence-corrected chi connectivity index (χ0v) is 9.00. The molecular weight excluding hydrogens is 178 g/mol. The predicted octanol–water partition coefficient (Wildman–Crippen LogP) is 1.54. The number of aromatic nitrogens is 2. The van der Waals surface area contributed by atoms with Gasteiger partial charge in [0.05, 0.1) is 0 Å². The molecule has 1 aromatic rings. The second kappa shape index (κ2) is 5.54. The van der Waals surface area contributed by atoms with E-state index in [4.69, 9.17) is 4.74 Å². The highest BCUT2D eigenvalue weighted by molar-refractivity contribution is 5.27. The van der Waals surface area contributed by atoms with Gasteiger partial charge in [0, 0.05) is 31.6 Å². The molecule has 78 valence electrons. The highest BCUT2D eigenvalue weighted by Gasteiger charge is 1.97. The maximum Gasteiger partial charge on any atom is 0.223 e. The molecule has 4 heteroatoms. The van der Waals surface area contributed by atoms with Gasteiger partial charge in [-0.15, -0.1) is 0 Å². The third-order valence-electron chi connectivity index (χ3n) is 1.79. The first-order valence-corrected chi connectivity index (χ1v) is 4.77. The lowest BCUT2D eigenvalue weighted by Gasteiger charge is -2.05. The van der Waals surface area contributed by atoms with Crippen LogP contribution in [0.3, 0.4) is 0 Å². The fourth-order valence-electron chi connectivity index (χ4n) is 1.22. The molecule has 4 nitrogen and oxygen atoms in total. The van der Waals surface area contributed by atoms with Gasteiger partial charge in [0.2, 0.25) is 5.95 Å². The van der Waals surface area contributed by atoms with Crippen molar-refractivity contribution < 1.29 is 4.74 Å². The smallest absolute Gasteiger partial charge is 0.223 e. The zero-order valence-electron chi connectivity index (χ0n) is 9.00. The summed E-state index contributed by atoms with van der Waals surface area (Å²) in [6, 6.07) is 1.96. The van der Waals surface area contributed by atoms with Gasteiger partial charge in [0.25, 0.3) is 0 Å². The van der Waals surface area contributed by atoms with Crippen molar-refractivity contribution in [1.29, 1.82) is 0 Å². The van der Waals surface area contributed by atoms with Gasteiger partial charge < -0.3 is 10.1 Å². The summed E-state index contributed by atoms with van der Waals surface area (Å²) in [5.41, 5.74) is 1.98. The summed E-state index contributed by atoms with van der Waals surface area (Å²) < 4.78 is 4.95. The van der Waals surface area contributed by atoms with Crippen LogP contribution in [0.4, 0.5) is 5.95 Å². The van der Waals surface area contributed by atoms with Gasteiger partial charge in [-0.05, 0) is 26.3 Å². The Morgan fingerprint density at radius 1 is 1.29 bits per heavy atom. The number of ether oxygens (including phenoxy) is 1. The standard InChI is InChI=1S/C10H17N3O/c1-8-7-9(2)13-10(12-8)11-5-4-6-14-3/h7H,4-6H2,1-3H3,(H,11,12,13). The Morgan fingerprint density at radius 2 is 1.93 bits per heavy atom. The second-order valence-corrected chi connectivity index (χ2v) is 3.25. The maximum atomic E-state index is 4.95. The summed E-state index contributed by atoms with van der Waals surface area (Å²) in [6.07, 6.45) is 0.965. The third kappa shape index (κ3) is 3.70. The number of aryl methyl sites for hydroxylation is 2. The largest absolute Gasteiger partial charge is 0.385 e. The van der Waals surface area contributed by atoms with Gasteiger partial charge >= 0.3 is 0 Å². The van der Waals surface area contributed by atoms with E-state index in [0.29, 0.717) is 5.95 Å². The monoisotopic (exact) mass is 195 g/mol. The van der Waals surface area contributed by atoms with Gasteiger partial charge in [-0.25, -0.2) is 9.97 Å². The van der Waals surface area contributed by atoms with Crippen LogP contribution in [0.5, 0.6) is 0 Å². The van der Waals surface area contributed by atoms with Crippen LogP contribution in [0.25, 0.3) is 0 Å². The average Bonchev–Trinajstić information content (AvgIpc) is 2.11. The lowest BCUT2D eigenvalue weighted by molar-refractivity contribution is 0.197. The average molecular weight is 195 g/mol. The molecule has 0 fully saturated rings. The summed E-state index contributed by atoms with van der Waals surface area (Å²) in [5.74, 6) is 0.707. The lowest BCUT2D eigenvalue weighted by Crippen LogP contribution is -2.08. The quantitative estimate of drug-likeness (QED) is 0.724. The molecule has 1 aromatic heterocycles. The van der Waals surface area contributed by atoms with Crippen molar-refractivity contribution in [3.8, 4) is 0 Å². The number of anilines is 1. The Morgan fingerprint density at radius 3 is 2.50 bits per heavy atom. The molecule has 1 N–H and O–H groups in total. The highest BCUT2D eigenvalue weighted by Crippen LogP contribution is 2.03. The van der Waals surface area contributed by atoms with Crippen molar-refractivity contribution in [1.82, 2.24) is 9.97 Å². The molecule has 0 aliphatic rings. The molecule has 0 saturated heterocycles. The number of rotatable bonds is 5. The molecular formula is C10H17N3O. The number of nitrogens with zero attached hydrogens (tertiary/aromatic N) is 2. The topological polar surface area (TPSA) is 47.0 Å². The molecule has 0 unspecified atom stereocenters. The minimum absolute atomic E-state index is 0.707. The van der Waals surface area contributed by atoms with E-state index in [1.165, 1.54) is 0 Å². The molecule has 1 rings (SSSR count). The number of hydrogen-bond donors (Lipinski definition) is 1. The van der Waals surface area contributed by atoms with E-state index in [2.05, 4.69) is 15.3 Å². The van der Waals surface area contributed by atoms with Crippen molar-refractivity contribution in [2.75, 3.05) is 25.6 Å². The van der Waals surface area contributed by atoms with Crippen molar-refractivity contribution >= 4 is 5.95 Å². The first-order valence-electron chi connectivity index (χ1n) is 4.77. The molecule has 14 heavy (non-hydrogen) atoms. The summed E-state index contributed by atoms with van der Waals surface area (Å²) >= 11 is 0. The maximum absolute atomic E-state index is 4.95. The Kier molecular flexibility index (Phi) is 4.32. The molecule has 0 spiro atoms. The zero-order chi connectivity index (χ0) is 10.4. The molecule has 0 aliphatic carbocycles. The molecule has 0 radical (unpaired) electrons. The van der Waals surface area contributed by atoms with Gasteiger partial charge in [-0.1, -0.05) is 0 Å². The minimum Gasteiger partial charge on any atom is -0.385 e. The van der Waals surface area contributed by atoms with Gasteiger partial charge in [-0.2, -0.15) is 0 Å². The molecule has 0 bridgehead atoms. The van der Waals surface area contributed by atoms with Crippen molar-refractivity contribution in [3.05, 3.63) is 17.5 Å². The summed E-state index contributed by atoms with van der Waals surface area (Å²) in [6.45, 7) is 5.54. The molecule has 0 atom stereocenters. The van der Waals surface area contributed by atoms with E-state index in [9.17, 15) is 0 Å². The van der Waals surface area contributed by atoms with E-state index >= 15 is 0 Å². The van der Waals surface area contributed by atoms with E-state index in [1.54, 1.807) is 7.11 Å². The molecule has 0 saturated carbocycles. The Hall–Kier alpha value is -1.16. The van der Waals surface area contributed by atoms with Gasteiger partial charge in [0.15, 0.2) is 0 Å². The van der Waals surface area contributed by atoms with Gasteiger partial charge in [0.1, 0.15) is 0 Å². The number of methoxy groups -OCH3 is 1. The highest BCUT2D eigenvalue weighted by atomic mass is 16.5. The van der Waals surface area contributed by atoms with Crippen molar-refractivity contribution in [2.45, 2.75) is 20.3 Å². The van der Waals surface area contributed by atoms with E-state index in [1.807, 2.05) is 19.9 Å². The predicted molar refractivity (Wildman–Crippen MR) is 56.5 cm³/mol. The molecule has 0 aliphatic heterocycles. The first kappa shape index (κ1) is 10.9. The van der Waals surface area contributed by atoms with Crippen LogP contribution < -0.4 is 5.32 Å². The van der Waals surface area contributed by atoms with Crippen molar-refractivity contribution in [3.63, 3.8) is 0 Å². The molecule has 0 aromatic carbocycles. The number of nitrogens with one attached hydrogen (secondary N) is 1. The summed E-state index contributed by atoms with van der Waals surface area (Å²) in [5, 5.41) is 3.16. The third-order valence-corrected chi connectivity index (χ3v) is 1.79. The Bertz CT molecular complexity index is 268. The molecule has 0 amide bonds. The van der Waals surface area contributed by atoms with Crippen molar-refractivity contribution in [2.24, 2.45) is 0 Å². The van der Waals surface area contributed by atoms with E-state index in [-0.39, 0.29) is 0 Å². The Labute approximate surface area is 84.7 Å². The van der Waals surface area contributed by atoms with Crippen LogP contribution in [0.2, 0.25) is 0 Å². The van der Waals surface area contributed by atoms with E-state index in [0.717, 1.165) is 31.0 Å². The summed E-state index contributed by atoms with van der Waals surface area (Å²) in [7, 11) is 1.70. The minimum atomic E-state index is 0.707. The molecule has 1 heterocycles. The Balaban J connectivity index is 2.42. The summed E-state index contributed by atoms with van der Waals surface area (Å²) in [4.78, 5) is 8.54. The lowest BCUT2D eigenvalue weighted by atomic mass is 10.3. The normalized spacial score (nSPS) is 10.2. The fraction of sp³-hybridized carbons (Fsp3) is 0.600. The number of hydrogen-bond acceptors (Lipinski definition) is 4.